The number of nitrogens with zero attached hydrogens (tertiary/aromatic N) is 2. The molecule has 1 heterocycles. The Kier molecular flexibility index (Phi) is 5.08. The van der Waals surface area contributed by atoms with E-state index in [0.29, 0.717) is 31.9 Å². The minimum atomic E-state index is -0.536. The number of nitrogens with two attached hydrogens (primary N) is 1. The predicted octanol–water partition coefficient (Wildman–Crippen LogP) is 1.26. The zero-order valence-electron chi connectivity index (χ0n) is 10.2. The number of anilines is 1. The SMILES string of the molecule is Cl.N=C(c1ccc(N)c([N+](=O)[O-])c1)N1CCOCC1. The highest BCUT2D eigenvalue weighted by atomic mass is 35.5. The maximum atomic E-state index is 10.8. The molecule has 0 radical (unpaired) electrons. The number of nitrogens with one attached hydrogen (secondary N) is 1. The molecule has 0 aromatic heterocycles. The lowest BCUT2D eigenvalue weighted by molar-refractivity contribution is -0.383. The van der Waals surface area contributed by atoms with Gasteiger partial charge in [0.2, 0.25) is 0 Å². The summed E-state index contributed by atoms with van der Waals surface area (Å²) in [5.41, 5.74) is 5.97. The number of morpholine rings is 1. The molecule has 1 aromatic rings. The standard InChI is InChI=1S/C11H14N4O3.ClH/c12-9-2-1-8(7-10(9)15(16)17)11(13)14-3-5-18-6-4-14;/h1-2,7,13H,3-6,12H2;1H. The molecular formula is C11H15ClN4O3. The molecule has 3 N–H and O–H groups in total. The average Bonchev–Trinajstić information content (AvgIpc) is 2.39. The van der Waals surface area contributed by atoms with Gasteiger partial charge in [0.05, 0.1) is 18.1 Å². The second kappa shape index (κ2) is 6.35. The van der Waals surface area contributed by atoms with Crippen molar-refractivity contribution < 1.29 is 9.66 Å². The van der Waals surface area contributed by atoms with Gasteiger partial charge in [0.25, 0.3) is 5.69 Å². The summed E-state index contributed by atoms with van der Waals surface area (Å²) < 4.78 is 5.20. The molecule has 19 heavy (non-hydrogen) atoms. The molecule has 1 aliphatic heterocycles. The number of nitro benzene ring substituents is 1. The number of ether oxygens (including phenoxy) is 1. The molecule has 1 aromatic carbocycles. The molecule has 0 amide bonds. The first kappa shape index (κ1) is 15.2. The lowest BCUT2D eigenvalue weighted by atomic mass is 10.1. The van der Waals surface area contributed by atoms with E-state index in [1.807, 2.05) is 4.90 Å². The summed E-state index contributed by atoms with van der Waals surface area (Å²) in [4.78, 5) is 12.1. The summed E-state index contributed by atoms with van der Waals surface area (Å²) in [6, 6.07) is 4.43. The van der Waals surface area contributed by atoms with Crippen LogP contribution in [0.25, 0.3) is 0 Å². The van der Waals surface area contributed by atoms with E-state index in [2.05, 4.69) is 0 Å². The van der Waals surface area contributed by atoms with Crippen molar-refractivity contribution in [2.45, 2.75) is 0 Å². The van der Waals surface area contributed by atoms with Crippen molar-refractivity contribution in [3.8, 4) is 0 Å². The largest absolute Gasteiger partial charge is 0.393 e. The van der Waals surface area contributed by atoms with E-state index in [9.17, 15) is 10.1 Å². The van der Waals surface area contributed by atoms with Crippen molar-refractivity contribution in [3.05, 3.63) is 33.9 Å². The van der Waals surface area contributed by atoms with Gasteiger partial charge in [-0.15, -0.1) is 12.4 Å². The summed E-state index contributed by atoms with van der Waals surface area (Å²) in [5.74, 6) is 0.265. The van der Waals surface area contributed by atoms with E-state index in [4.69, 9.17) is 15.9 Å². The van der Waals surface area contributed by atoms with Crippen LogP contribution in [0.4, 0.5) is 11.4 Å². The average molecular weight is 287 g/mol. The summed E-state index contributed by atoms with van der Waals surface area (Å²) in [5, 5.41) is 18.8. The zero-order valence-corrected chi connectivity index (χ0v) is 11.0. The van der Waals surface area contributed by atoms with Crippen LogP contribution >= 0.6 is 12.4 Å². The monoisotopic (exact) mass is 286 g/mol. The van der Waals surface area contributed by atoms with Gasteiger partial charge in [-0.2, -0.15) is 0 Å². The number of nitrogen functional groups attached to an aromatic ring is 1. The fraction of sp³-hybridized carbons (Fsp3) is 0.364. The number of hydrogen-bond acceptors (Lipinski definition) is 5. The molecule has 1 fully saturated rings. The number of nitro groups is 1. The Bertz CT molecular complexity index is 489. The van der Waals surface area contributed by atoms with Crippen LogP contribution in [0.5, 0.6) is 0 Å². The van der Waals surface area contributed by atoms with Gasteiger partial charge in [-0.3, -0.25) is 15.5 Å². The van der Waals surface area contributed by atoms with Gasteiger partial charge in [0.1, 0.15) is 11.5 Å². The summed E-state index contributed by atoms with van der Waals surface area (Å²) in [6.45, 7) is 2.38. The molecule has 104 valence electrons. The highest BCUT2D eigenvalue weighted by Gasteiger charge is 2.19. The van der Waals surface area contributed by atoms with Gasteiger partial charge < -0.3 is 15.4 Å². The Morgan fingerprint density at radius 1 is 1.42 bits per heavy atom. The van der Waals surface area contributed by atoms with Crippen molar-refractivity contribution in [2.24, 2.45) is 0 Å². The Balaban J connectivity index is 0.00000180. The van der Waals surface area contributed by atoms with Crippen LogP contribution in [0.1, 0.15) is 5.56 Å². The molecular weight excluding hydrogens is 272 g/mol. The first-order chi connectivity index (χ1) is 8.59. The summed E-state index contributed by atoms with van der Waals surface area (Å²) in [6.07, 6.45) is 0. The molecule has 0 unspecified atom stereocenters. The maximum absolute atomic E-state index is 10.8. The van der Waals surface area contributed by atoms with Crippen molar-refractivity contribution in [1.82, 2.24) is 4.90 Å². The van der Waals surface area contributed by atoms with Gasteiger partial charge in [-0.25, -0.2) is 0 Å². The van der Waals surface area contributed by atoms with Crippen LogP contribution in [-0.2, 0) is 4.74 Å². The molecule has 1 aliphatic rings. The van der Waals surface area contributed by atoms with E-state index in [-0.39, 0.29) is 29.6 Å². The van der Waals surface area contributed by atoms with Gasteiger partial charge in [-0.1, -0.05) is 0 Å². The molecule has 0 bridgehead atoms. The smallest absolute Gasteiger partial charge is 0.292 e. The minimum absolute atomic E-state index is 0. The third-order valence-corrected chi connectivity index (χ3v) is 2.83. The van der Waals surface area contributed by atoms with E-state index in [1.54, 1.807) is 6.07 Å². The first-order valence-electron chi connectivity index (χ1n) is 5.55. The van der Waals surface area contributed by atoms with Gasteiger partial charge in [-0.05, 0) is 12.1 Å². The Morgan fingerprint density at radius 2 is 2.05 bits per heavy atom. The molecule has 1 saturated heterocycles. The van der Waals surface area contributed by atoms with Gasteiger partial charge in [0.15, 0.2) is 0 Å². The minimum Gasteiger partial charge on any atom is -0.393 e. The molecule has 0 atom stereocenters. The normalized spacial score (nSPS) is 14.6. The number of rotatable bonds is 2. The van der Waals surface area contributed by atoms with Crippen LogP contribution in [0.3, 0.4) is 0 Å². The lowest BCUT2D eigenvalue weighted by Gasteiger charge is -2.29. The highest BCUT2D eigenvalue weighted by molar-refractivity contribution is 5.97. The molecule has 0 spiro atoms. The third-order valence-electron chi connectivity index (χ3n) is 2.83. The molecule has 2 rings (SSSR count). The number of amidine groups is 1. The highest BCUT2D eigenvalue weighted by Crippen LogP contribution is 2.23. The van der Waals surface area contributed by atoms with Crippen LogP contribution in [0.2, 0.25) is 0 Å². The zero-order chi connectivity index (χ0) is 13.1. The fourth-order valence-electron chi connectivity index (χ4n) is 1.82. The molecule has 0 aliphatic carbocycles. The van der Waals surface area contributed by atoms with E-state index in [0.717, 1.165) is 0 Å². The van der Waals surface area contributed by atoms with Crippen LogP contribution in [0.15, 0.2) is 18.2 Å². The predicted molar refractivity (Wildman–Crippen MR) is 74.0 cm³/mol. The molecule has 7 nitrogen and oxygen atoms in total. The van der Waals surface area contributed by atoms with E-state index in [1.165, 1.54) is 12.1 Å². The number of benzene rings is 1. The van der Waals surface area contributed by atoms with Gasteiger partial charge in [0, 0.05) is 24.7 Å². The Morgan fingerprint density at radius 3 is 2.63 bits per heavy atom. The van der Waals surface area contributed by atoms with E-state index < -0.39 is 4.92 Å². The first-order valence-corrected chi connectivity index (χ1v) is 5.55. The molecule has 8 heteroatoms. The van der Waals surface area contributed by atoms with Crippen LogP contribution < -0.4 is 5.73 Å². The fourth-order valence-corrected chi connectivity index (χ4v) is 1.82. The second-order valence-electron chi connectivity index (χ2n) is 3.98. The summed E-state index contributed by atoms with van der Waals surface area (Å²) in [7, 11) is 0. The lowest BCUT2D eigenvalue weighted by Crippen LogP contribution is -2.40. The van der Waals surface area contributed by atoms with Gasteiger partial charge >= 0.3 is 0 Å². The van der Waals surface area contributed by atoms with Crippen LogP contribution in [-0.4, -0.2) is 42.0 Å². The second-order valence-corrected chi connectivity index (χ2v) is 3.98. The van der Waals surface area contributed by atoms with Crippen molar-refractivity contribution in [3.63, 3.8) is 0 Å². The number of halogens is 1. The van der Waals surface area contributed by atoms with Crippen molar-refractivity contribution >= 4 is 29.6 Å². The maximum Gasteiger partial charge on any atom is 0.292 e. The third kappa shape index (κ3) is 3.33. The van der Waals surface area contributed by atoms with Crippen molar-refractivity contribution in [2.75, 3.05) is 32.0 Å². The summed E-state index contributed by atoms with van der Waals surface area (Å²) >= 11 is 0. The quantitative estimate of drug-likeness (QED) is 0.280. The van der Waals surface area contributed by atoms with E-state index >= 15 is 0 Å². The Hall–Kier alpha value is -1.86. The molecule has 0 saturated carbocycles. The Labute approximate surface area is 116 Å². The van der Waals surface area contributed by atoms with Crippen LogP contribution in [0, 0.1) is 15.5 Å². The number of hydrogen-bond donors (Lipinski definition) is 2. The topological polar surface area (TPSA) is 105 Å². The van der Waals surface area contributed by atoms with Crippen molar-refractivity contribution in [1.29, 1.82) is 5.41 Å².